The molecule has 0 saturated carbocycles. The average Bonchev–Trinajstić information content (AvgIpc) is 3.38. The molecular formula is C34H46N2O6S2. The number of hydrogen-bond donors (Lipinski definition) is 0. The molecule has 3 aliphatic rings. The molecule has 2 aliphatic heterocycles. The Kier molecular flexibility index (Phi) is 8.81. The van der Waals surface area contributed by atoms with Crippen LogP contribution < -0.4 is 0 Å². The van der Waals surface area contributed by atoms with Gasteiger partial charge in [-0.3, -0.25) is 9.59 Å². The molecule has 2 aromatic rings. The molecular weight excluding hydrogens is 597 g/mol. The van der Waals surface area contributed by atoms with Gasteiger partial charge >= 0.3 is 0 Å². The molecule has 0 N–H and O–H groups in total. The third-order valence-corrected chi connectivity index (χ3v) is 13.8. The van der Waals surface area contributed by atoms with Gasteiger partial charge in [-0.2, -0.15) is 8.61 Å². The molecule has 2 aromatic carbocycles. The SMILES string of the molecule is CC(C)(C)C1CCCN(S(=O)(=O)c2ccc3c(c2)C(=O)c2ccc(S(=O)(=O)N4CCCC(C(C)(C)C)CC4)cc2C3=O)CC1. The highest BCUT2D eigenvalue weighted by Crippen LogP contribution is 2.38. The van der Waals surface area contributed by atoms with Crippen LogP contribution in [-0.4, -0.2) is 63.2 Å². The number of carbonyl (C=O) groups is 2. The first-order chi connectivity index (χ1) is 20.4. The largest absolute Gasteiger partial charge is 0.289 e. The van der Waals surface area contributed by atoms with Gasteiger partial charge in [0.1, 0.15) is 0 Å². The predicted molar refractivity (Wildman–Crippen MR) is 171 cm³/mol. The number of carbonyl (C=O) groups excluding carboxylic acids is 2. The Hall–Kier alpha value is -2.40. The van der Waals surface area contributed by atoms with Gasteiger partial charge in [-0.25, -0.2) is 16.8 Å². The Morgan fingerprint density at radius 2 is 0.909 bits per heavy atom. The summed E-state index contributed by atoms with van der Waals surface area (Å²) in [6, 6.07) is 8.19. The van der Waals surface area contributed by atoms with Gasteiger partial charge in [0.15, 0.2) is 11.6 Å². The Balaban J connectivity index is 1.40. The summed E-state index contributed by atoms with van der Waals surface area (Å²) < 4.78 is 57.7. The molecule has 0 bridgehead atoms. The van der Waals surface area contributed by atoms with Crippen molar-refractivity contribution < 1.29 is 26.4 Å². The molecule has 0 radical (unpaired) electrons. The first-order valence-electron chi connectivity index (χ1n) is 15.8. The van der Waals surface area contributed by atoms with Gasteiger partial charge in [-0.1, -0.05) is 41.5 Å². The summed E-state index contributed by atoms with van der Waals surface area (Å²) in [6.07, 6.45) is 4.96. The molecule has 0 spiro atoms. The third kappa shape index (κ3) is 6.19. The number of benzene rings is 2. The van der Waals surface area contributed by atoms with Crippen LogP contribution in [0.15, 0.2) is 46.2 Å². The van der Waals surface area contributed by atoms with Crippen LogP contribution in [0.1, 0.15) is 112 Å². The van der Waals surface area contributed by atoms with Crippen molar-refractivity contribution in [2.24, 2.45) is 22.7 Å². The van der Waals surface area contributed by atoms with Crippen LogP contribution in [0.3, 0.4) is 0 Å². The Labute approximate surface area is 263 Å². The lowest BCUT2D eigenvalue weighted by Gasteiger charge is -2.29. The highest BCUT2D eigenvalue weighted by Gasteiger charge is 2.37. The maximum absolute atomic E-state index is 13.7. The van der Waals surface area contributed by atoms with Crippen molar-refractivity contribution in [1.82, 2.24) is 8.61 Å². The zero-order chi connectivity index (χ0) is 32.2. The molecule has 2 unspecified atom stereocenters. The van der Waals surface area contributed by atoms with Crippen LogP contribution in [0, 0.1) is 22.7 Å². The fourth-order valence-corrected chi connectivity index (χ4v) is 10.1. The average molecular weight is 643 g/mol. The topological polar surface area (TPSA) is 109 Å². The highest BCUT2D eigenvalue weighted by atomic mass is 32.2. The van der Waals surface area contributed by atoms with Crippen LogP contribution in [0.5, 0.6) is 0 Å². The summed E-state index contributed by atoms with van der Waals surface area (Å²) in [4.78, 5) is 27.2. The van der Waals surface area contributed by atoms with Gasteiger partial charge in [-0.15, -0.1) is 0 Å². The number of ketones is 2. The van der Waals surface area contributed by atoms with Crippen LogP contribution in [0.25, 0.3) is 0 Å². The van der Waals surface area contributed by atoms with Crippen LogP contribution in [0.2, 0.25) is 0 Å². The number of fused-ring (bicyclic) bond motifs is 2. The molecule has 2 saturated heterocycles. The normalized spacial score (nSPS) is 23.0. The summed E-state index contributed by atoms with van der Waals surface area (Å²) in [5.41, 5.74) is 0.412. The Morgan fingerprint density at radius 3 is 1.25 bits per heavy atom. The summed E-state index contributed by atoms with van der Waals surface area (Å²) in [7, 11) is -7.75. The molecule has 2 heterocycles. The van der Waals surface area contributed by atoms with E-state index >= 15 is 0 Å². The lowest BCUT2D eigenvalue weighted by molar-refractivity contribution is 0.0978. The minimum absolute atomic E-state index is 0.0102. The van der Waals surface area contributed by atoms with Crippen molar-refractivity contribution in [3.8, 4) is 0 Å². The molecule has 8 nitrogen and oxygen atoms in total. The van der Waals surface area contributed by atoms with Crippen LogP contribution in [-0.2, 0) is 20.0 Å². The smallest absolute Gasteiger partial charge is 0.243 e. The molecule has 2 atom stereocenters. The van der Waals surface area contributed by atoms with E-state index in [1.807, 2.05) is 0 Å². The molecule has 1 aliphatic carbocycles. The summed E-state index contributed by atoms with van der Waals surface area (Å²) in [5, 5.41) is 0. The highest BCUT2D eigenvalue weighted by molar-refractivity contribution is 7.89. The molecule has 10 heteroatoms. The minimum Gasteiger partial charge on any atom is -0.289 e. The second-order valence-electron chi connectivity index (χ2n) is 14.9. The fourth-order valence-electron chi connectivity index (χ4n) is 7.08. The van der Waals surface area contributed by atoms with E-state index in [2.05, 4.69) is 41.5 Å². The van der Waals surface area contributed by atoms with Gasteiger partial charge in [0.25, 0.3) is 0 Å². The maximum Gasteiger partial charge on any atom is 0.243 e. The van der Waals surface area contributed by atoms with E-state index in [0.29, 0.717) is 38.0 Å². The zero-order valence-electron chi connectivity index (χ0n) is 26.9. The van der Waals surface area contributed by atoms with E-state index in [4.69, 9.17) is 0 Å². The third-order valence-electron chi connectivity index (χ3n) is 10.1. The molecule has 2 fully saturated rings. The molecule has 44 heavy (non-hydrogen) atoms. The first-order valence-corrected chi connectivity index (χ1v) is 18.7. The molecule has 5 rings (SSSR count). The van der Waals surface area contributed by atoms with Crippen molar-refractivity contribution >= 4 is 31.6 Å². The van der Waals surface area contributed by atoms with Crippen molar-refractivity contribution in [2.45, 2.75) is 89.9 Å². The number of rotatable bonds is 4. The second kappa shape index (κ2) is 11.8. The fraction of sp³-hybridized carbons (Fsp3) is 0.588. The van der Waals surface area contributed by atoms with E-state index in [1.54, 1.807) is 0 Å². The monoisotopic (exact) mass is 642 g/mol. The summed E-state index contributed by atoms with van der Waals surface area (Å²) >= 11 is 0. The van der Waals surface area contributed by atoms with Crippen molar-refractivity contribution in [2.75, 3.05) is 26.2 Å². The quantitative estimate of drug-likeness (QED) is 0.339. The van der Waals surface area contributed by atoms with E-state index in [-0.39, 0.29) is 42.9 Å². The lowest BCUT2D eigenvalue weighted by Crippen LogP contribution is -2.33. The standard InChI is InChI=1S/C34H46N2O6S2/c1-33(2,3)23-9-7-17-35(19-15-23)43(39,40)25-11-13-27-29(21-25)31(37)28-14-12-26(22-30(28)32(27)38)44(41,42)36-18-8-10-24(16-20-36)34(4,5)6/h11-14,21-24H,7-10,15-20H2,1-6H3. The molecule has 0 aromatic heterocycles. The number of hydrogen-bond acceptors (Lipinski definition) is 6. The van der Waals surface area contributed by atoms with Crippen molar-refractivity contribution in [1.29, 1.82) is 0 Å². The van der Waals surface area contributed by atoms with Gasteiger partial charge < -0.3 is 0 Å². The Bertz CT molecular complexity index is 1560. The van der Waals surface area contributed by atoms with E-state index in [1.165, 1.54) is 45.0 Å². The first kappa shape index (κ1) is 33.0. The van der Waals surface area contributed by atoms with Gasteiger partial charge in [-0.05, 0) is 97.6 Å². The van der Waals surface area contributed by atoms with Crippen LogP contribution >= 0.6 is 0 Å². The van der Waals surface area contributed by atoms with Crippen molar-refractivity contribution in [3.63, 3.8) is 0 Å². The Morgan fingerprint density at radius 1 is 0.545 bits per heavy atom. The predicted octanol–water partition coefficient (Wildman–Crippen LogP) is 6.14. The van der Waals surface area contributed by atoms with Gasteiger partial charge in [0.2, 0.25) is 20.0 Å². The molecule has 0 amide bonds. The van der Waals surface area contributed by atoms with E-state index < -0.39 is 31.6 Å². The summed E-state index contributed by atoms with van der Waals surface area (Å²) in [6.45, 7) is 14.7. The minimum atomic E-state index is -3.88. The lowest BCUT2D eigenvalue weighted by atomic mass is 9.77. The van der Waals surface area contributed by atoms with Gasteiger partial charge in [0, 0.05) is 48.4 Å². The van der Waals surface area contributed by atoms with Crippen LogP contribution in [0.4, 0.5) is 0 Å². The zero-order valence-corrected chi connectivity index (χ0v) is 28.5. The van der Waals surface area contributed by atoms with E-state index in [0.717, 1.165) is 38.5 Å². The summed E-state index contributed by atoms with van der Waals surface area (Å²) in [5.74, 6) is -0.144. The second-order valence-corrected chi connectivity index (χ2v) is 18.7. The maximum atomic E-state index is 13.7. The van der Waals surface area contributed by atoms with Crippen molar-refractivity contribution in [3.05, 3.63) is 58.7 Å². The number of sulfonamides is 2. The van der Waals surface area contributed by atoms with E-state index in [9.17, 15) is 26.4 Å². The number of nitrogens with zero attached hydrogens (tertiary/aromatic N) is 2. The molecule has 240 valence electrons. The van der Waals surface area contributed by atoms with Gasteiger partial charge in [0.05, 0.1) is 9.79 Å².